The molecule has 0 saturated carbocycles. The molecule has 0 atom stereocenters. The van der Waals surface area contributed by atoms with E-state index >= 15 is 0 Å². The smallest absolute Gasteiger partial charge is 0.335 e. The van der Waals surface area contributed by atoms with Gasteiger partial charge in [0.2, 0.25) is 0 Å². The number of carboxylic acid groups (broad SMARTS) is 1. The zero-order chi connectivity index (χ0) is 11.1. The third-order valence-corrected chi connectivity index (χ3v) is 3.05. The van der Waals surface area contributed by atoms with E-state index in [0.29, 0.717) is 5.56 Å². The molecule has 1 aromatic heterocycles. The summed E-state index contributed by atoms with van der Waals surface area (Å²) in [6.07, 6.45) is 0. The molecule has 0 amide bonds. The maximum Gasteiger partial charge on any atom is 0.335 e. The number of benzene rings is 1. The fraction of sp³-hybridized carbons (Fsp3) is 0.250. The van der Waals surface area contributed by atoms with E-state index in [-0.39, 0.29) is 12.4 Å². The summed E-state index contributed by atoms with van der Waals surface area (Å²) in [5.41, 5.74) is 2.70. The zero-order valence-electron chi connectivity index (χ0n) is 9.14. The van der Waals surface area contributed by atoms with Gasteiger partial charge >= 0.3 is 5.97 Å². The van der Waals surface area contributed by atoms with Crippen LogP contribution in [-0.4, -0.2) is 22.2 Å². The zero-order valence-corrected chi connectivity index (χ0v) is 9.96. The van der Waals surface area contributed by atoms with E-state index in [4.69, 9.17) is 5.11 Å². The van der Waals surface area contributed by atoms with E-state index in [2.05, 4.69) is 16.0 Å². The topological polar surface area (TPSA) is 54.3 Å². The number of rotatable bonds is 1. The lowest BCUT2D eigenvalue weighted by Gasteiger charge is -2.16. The number of nitrogens with zero attached hydrogens (tertiary/aromatic N) is 1. The van der Waals surface area contributed by atoms with Crippen LogP contribution in [0.1, 0.15) is 16.1 Å². The van der Waals surface area contributed by atoms with E-state index in [1.807, 2.05) is 6.07 Å². The molecule has 0 fully saturated rings. The maximum absolute atomic E-state index is 10.9. The van der Waals surface area contributed by atoms with Gasteiger partial charge in [0.05, 0.1) is 5.56 Å². The SMILES string of the molecule is Cl.O=C(O)c1ccc2c(c1)cc1n2CCNC1. The molecular weight excluding hydrogens is 240 g/mol. The van der Waals surface area contributed by atoms with Crippen molar-refractivity contribution < 1.29 is 9.90 Å². The minimum absolute atomic E-state index is 0. The van der Waals surface area contributed by atoms with Gasteiger partial charge in [-0.2, -0.15) is 0 Å². The standard InChI is InChI=1S/C12H12N2O2.ClH/c15-12(16)8-1-2-11-9(5-8)6-10-7-13-3-4-14(10)11;/h1-2,5-6,13H,3-4,7H2,(H,15,16);1H. The quantitative estimate of drug-likeness (QED) is 0.815. The molecule has 4 nitrogen and oxygen atoms in total. The van der Waals surface area contributed by atoms with Crippen molar-refractivity contribution in [1.82, 2.24) is 9.88 Å². The lowest BCUT2D eigenvalue weighted by atomic mass is 10.1. The molecule has 3 rings (SSSR count). The van der Waals surface area contributed by atoms with E-state index in [9.17, 15) is 4.79 Å². The van der Waals surface area contributed by atoms with Crippen molar-refractivity contribution in [3.63, 3.8) is 0 Å². The lowest BCUT2D eigenvalue weighted by Crippen LogP contribution is -2.27. The molecule has 0 radical (unpaired) electrons. The first kappa shape index (κ1) is 12.0. The van der Waals surface area contributed by atoms with Gasteiger partial charge in [0, 0.05) is 36.2 Å². The van der Waals surface area contributed by atoms with Crippen LogP contribution in [0.2, 0.25) is 0 Å². The normalized spacial score (nSPS) is 14.1. The van der Waals surface area contributed by atoms with Gasteiger partial charge in [-0.05, 0) is 24.3 Å². The molecule has 1 aliphatic rings. The molecule has 5 heteroatoms. The number of nitrogens with one attached hydrogen (secondary N) is 1. The number of carbonyl (C=O) groups is 1. The van der Waals surface area contributed by atoms with E-state index in [1.165, 1.54) is 5.69 Å². The Morgan fingerprint density at radius 3 is 2.94 bits per heavy atom. The first-order chi connectivity index (χ1) is 7.75. The highest BCUT2D eigenvalue weighted by Gasteiger charge is 2.13. The largest absolute Gasteiger partial charge is 0.478 e. The second kappa shape index (κ2) is 4.39. The van der Waals surface area contributed by atoms with Crippen molar-refractivity contribution in [2.75, 3.05) is 6.54 Å². The Hall–Kier alpha value is -1.52. The Morgan fingerprint density at radius 1 is 1.35 bits per heavy atom. The molecule has 2 N–H and O–H groups in total. The van der Waals surface area contributed by atoms with E-state index in [0.717, 1.165) is 30.5 Å². The average molecular weight is 253 g/mol. The molecule has 2 aromatic rings. The molecule has 0 unspecified atom stereocenters. The van der Waals surface area contributed by atoms with E-state index < -0.39 is 5.97 Å². The van der Waals surface area contributed by atoms with Crippen LogP contribution in [0.4, 0.5) is 0 Å². The fourth-order valence-electron chi connectivity index (χ4n) is 2.28. The molecule has 90 valence electrons. The van der Waals surface area contributed by atoms with Gasteiger partial charge in [-0.25, -0.2) is 4.79 Å². The second-order valence-electron chi connectivity index (χ2n) is 4.04. The van der Waals surface area contributed by atoms with Crippen LogP contribution < -0.4 is 5.32 Å². The highest BCUT2D eigenvalue weighted by Crippen LogP contribution is 2.22. The van der Waals surface area contributed by atoms with Gasteiger partial charge in [0.15, 0.2) is 0 Å². The maximum atomic E-state index is 10.9. The second-order valence-corrected chi connectivity index (χ2v) is 4.04. The minimum Gasteiger partial charge on any atom is -0.478 e. The predicted molar refractivity (Wildman–Crippen MR) is 67.9 cm³/mol. The number of fused-ring (bicyclic) bond motifs is 3. The van der Waals surface area contributed by atoms with Gasteiger partial charge in [0.1, 0.15) is 0 Å². The molecule has 1 aromatic carbocycles. The summed E-state index contributed by atoms with van der Waals surface area (Å²) in [7, 11) is 0. The number of carboxylic acids is 1. The van der Waals surface area contributed by atoms with Crippen LogP contribution in [0.25, 0.3) is 10.9 Å². The van der Waals surface area contributed by atoms with Crippen LogP contribution in [0.5, 0.6) is 0 Å². The Kier molecular flexibility index (Phi) is 3.09. The molecule has 0 aliphatic carbocycles. The molecule has 0 spiro atoms. The number of hydrogen-bond acceptors (Lipinski definition) is 2. The Morgan fingerprint density at radius 2 is 2.18 bits per heavy atom. The first-order valence-corrected chi connectivity index (χ1v) is 5.32. The van der Waals surface area contributed by atoms with Crippen molar-refractivity contribution >= 4 is 29.3 Å². The summed E-state index contributed by atoms with van der Waals surface area (Å²) in [6, 6.07) is 7.37. The average Bonchev–Trinajstić information content (AvgIpc) is 2.66. The Labute approximate surface area is 105 Å². The Balaban J connectivity index is 0.00000108. The summed E-state index contributed by atoms with van der Waals surface area (Å²) < 4.78 is 2.25. The number of aromatic carboxylic acids is 1. The Bertz CT molecular complexity index is 577. The lowest BCUT2D eigenvalue weighted by molar-refractivity contribution is 0.0697. The van der Waals surface area contributed by atoms with Crippen LogP contribution in [0, 0.1) is 0 Å². The third-order valence-electron chi connectivity index (χ3n) is 3.05. The summed E-state index contributed by atoms with van der Waals surface area (Å²) in [4.78, 5) is 10.9. The van der Waals surface area contributed by atoms with Crippen molar-refractivity contribution in [2.45, 2.75) is 13.1 Å². The van der Waals surface area contributed by atoms with Crippen molar-refractivity contribution in [2.24, 2.45) is 0 Å². The van der Waals surface area contributed by atoms with Gasteiger partial charge in [-0.1, -0.05) is 0 Å². The highest BCUT2D eigenvalue weighted by atomic mass is 35.5. The molecule has 2 heterocycles. The molecule has 0 bridgehead atoms. The number of halogens is 1. The summed E-state index contributed by atoms with van der Waals surface area (Å²) in [6.45, 7) is 2.78. The minimum atomic E-state index is -0.871. The summed E-state index contributed by atoms with van der Waals surface area (Å²) in [5.74, 6) is -0.871. The molecule has 1 aliphatic heterocycles. The highest BCUT2D eigenvalue weighted by molar-refractivity contribution is 5.94. The first-order valence-electron chi connectivity index (χ1n) is 5.32. The molecule has 0 saturated heterocycles. The van der Waals surface area contributed by atoms with Gasteiger partial charge in [-0.15, -0.1) is 12.4 Å². The van der Waals surface area contributed by atoms with E-state index in [1.54, 1.807) is 12.1 Å². The monoisotopic (exact) mass is 252 g/mol. The van der Waals surface area contributed by atoms with Gasteiger partial charge < -0.3 is 15.0 Å². The summed E-state index contributed by atoms with van der Waals surface area (Å²) >= 11 is 0. The fourth-order valence-corrected chi connectivity index (χ4v) is 2.28. The summed E-state index contributed by atoms with van der Waals surface area (Å²) in [5, 5.41) is 13.2. The van der Waals surface area contributed by atoms with Crippen molar-refractivity contribution in [3.8, 4) is 0 Å². The van der Waals surface area contributed by atoms with Crippen LogP contribution in [0.15, 0.2) is 24.3 Å². The van der Waals surface area contributed by atoms with Gasteiger partial charge in [-0.3, -0.25) is 0 Å². The van der Waals surface area contributed by atoms with Crippen LogP contribution in [-0.2, 0) is 13.1 Å². The third kappa shape index (κ3) is 1.90. The van der Waals surface area contributed by atoms with Crippen LogP contribution >= 0.6 is 12.4 Å². The molecule has 17 heavy (non-hydrogen) atoms. The van der Waals surface area contributed by atoms with Gasteiger partial charge in [0.25, 0.3) is 0 Å². The van der Waals surface area contributed by atoms with Crippen molar-refractivity contribution in [3.05, 3.63) is 35.5 Å². The number of aromatic nitrogens is 1. The van der Waals surface area contributed by atoms with Crippen molar-refractivity contribution in [1.29, 1.82) is 0 Å². The molecular formula is C12H13ClN2O2. The number of hydrogen-bond donors (Lipinski definition) is 2. The van der Waals surface area contributed by atoms with Crippen LogP contribution in [0.3, 0.4) is 0 Å². The predicted octanol–water partition coefficient (Wildman–Crippen LogP) is 1.86.